The lowest BCUT2D eigenvalue weighted by molar-refractivity contribution is -0.127. The molecule has 1 aromatic carbocycles. The van der Waals surface area contributed by atoms with Crippen LogP contribution in [0.5, 0.6) is 0 Å². The molecule has 3 aliphatic rings. The van der Waals surface area contributed by atoms with Gasteiger partial charge in [-0.25, -0.2) is 14.2 Å². The van der Waals surface area contributed by atoms with Gasteiger partial charge in [0.2, 0.25) is 0 Å². The van der Waals surface area contributed by atoms with E-state index in [9.17, 15) is 14.0 Å². The summed E-state index contributed by atoms with van der Waals surface area (Å²) in [5.74, 6) is 0.201. The molecule has 0 aliphatic carbocycles. The zero-order valence-corrected chi connectivity index (χ0v) is 17.3. The van der Waals surface area contributed by atoms with E-state index in [1.807, 2.05) is 24.0 Å². The van der Waals surface area contributed by atoms with Gasteiger partial charge in [-0.15, -0.1) is 0 Å². The van der Waals surface area contributed by atoms with Crippen molar-refractivity contribution in [3.05, 3.63) is 47.8 Å². The number of rotatable bonds is 4. The SMILES string of the molecule is C=C(C)CN1C(N2CCN(Cc3ccccc3F)CC2)=NC2C1C(=O)NC(=O)N2C. The van der Waals surface area contributed by atoms with Gasteiger partial charge < -0.3 is 14.7 Å². The summed E-state index contributed by atoms with van der Waals surface area (Å²) in [4.78, 5) is 37.1. The molecular weight excluding hydrogens is 387 g/mol. The van der Waals surface area contributed by atoms with Crippen molar-refractivity contribution in [3.63, 3.8) is 0 Å². The first-order valence-electron chi connectivity index (χ1n) is 10.1. The molecule has 0 bridgehead atoms. The third-order valence-corrected chi connectivity index (χ3v) is 5.79. The number of carbonyl (C=O) groups excluding carboxylic acids is 2. The molecule has 1 aromatic rings. The molecule has 2 saturated heterocycles. The number of urea groups is 1. The van der Waals surface area contributed by atoms with Crippen LogP contribution >= 0.6 is 0 Å². The molecule has 9 heteroatoms. The smallest absolute Gasteiger partial charge is 0.325 e. The summed E-state index contributed by atoms with van der Waals surface area (Å²) in [6.45, 7) is 9.88. The maximum Gasteiger partial charge on any atom is 0.325 e. The number of halogens is 1. The van der Waals surface area contributed by atoms with Gasteiger partial charge in [-0.1, -0.05) is 30.4 Å². The van der Waals surface area contributed by atoms with E-state index in [1.54, 1.807) is 13.1 Å². The Morgan fingerprint density at radius 2 is 1.93 bits per heavy atom. The highest BCUT2D eigenvalue weighted by molar-refractivity contribution is 6.03. The molecular formula is C21H27FN6O2. The zero-order chi connectivity index (χ0) is 21.4. The molecule has 0 aromatic heterocycles. The topological polar surface area (TPSA) is 71.5 Å². The Morgan fingerprint density at radius 1 is 1.23 bits per heavy atom. The number of nitrogens with zero attached hydrogens (tertiary/aromatic N) is 5. The van der Waals surface area contributed by atoms with Crippen molar-refractivity contribution in [2.24, 2.45) is 4.99 Å². The summed E-state index contributed by atoms with van der Waals surface area (Å²) in [7, 11) is 1.65. The Kier molecular flexibility index (Phi) is 5.46. The summed E-state index contributed by atoms with van der Waals surface area (Å²) < 4.78 is 14.0. The number of aliphatic imine (C=N–C) groups is 1. The van der Waals surface area contributed by atoms with Crippen LogP contribution in [-0.2, 0) is 11.3 Å². The Balaban J connectivity index is 1.48. The Labute approximate surface area is 175 Å². The summed E-state index contributed by atoms with van der Waals surface area (Å²) in [5, 5.41) is 2.41. The van der Waals surface area contributed by atoms with Crippen LogP contribution in [0, 0.1) is 5.82 Å². The number of guanidine groups is 1. The number of benzene rings is 1. The molecule has 2 atom stereocenters. The third kappa shape index (κ3) is 3.77. The lowest BCUT2D eigenvalue weighted by Crippen LogP contribution is -2.64. The van der Waals surface area contributed by atoms with Crippen molar-refractivity contribution in [3.8, 4) is 0 Å². The van der Waals surface area contributed by atoms with Crippen molar-refractivity contribution >= 4 is 17.9 Å². The van der Waals surface area contributed by atoms with Gasteiger partial charge in [0, 0.05) is 51.9 Å². The molecule has 3 heterocycles. The van der Waals surface area contributed by atoms with Crippen molar-refractivity contribution in [1.82, 2.24) is 24.9 Å². The van der Waals surface area contributed by atoms with E-state index >= 15 is 0 Å². The summed E-state index contributed by atoms with van der Waals surface area (Å²) in [5.41, 5.74) is 1.60. The van der Waals surface area contributed by atoms with Gasteiger partial charge in [0.15, 0.2) is 18.2 Å². The minimum Gasteiger partial charge on any atom is -0.340 e. The van der Waals surface area contributed by atoms with Gasteiger partial charge in [0.05, 0.1) is 0 Å². The molecule has 0 radical (unpaired) electrons. The second-order valence-electron chi connectivity index (χ2n) is 8.13. The van der Waals surface area contributed by atoms with E-state index in [2.05, 4.69) is 21.7 Å². The average molecular weight is 414 g/mol. The molecule has 2 unspecified atom stereocenters. The van der Waals surface area contributed by atoms with E-state index < -0.39 is 18.2 Å². The van der Waals surface area contributed by atoms with Crippen LogP contribution in [0.25, 0.3) is 0 Å². The first-order valence-corrected chi connectivity index (χ1v) is 10.1. The number of nitrogens with one attached hydrogen (secondary N) is 1. The second-order valence-corrected chi connectivity index (χ2v) is 8.13. The van der Waals surface area contributed by atoms with Crippen LogP contribution < -0.4 is 5.32 Å². The maximum atomic E-state index is 14.0. The zero-order valence-electron chi connectivity index (χ0n) is 17.3. The Bertz CT molecular complexity index is 895. The second kappa shape index (κ2) is 8.06. The highest BCUT2D eigenvalue weighted by Crippen LogP contribution is 2.26. The fourth-order valence-corrected chi connectivity index (χ4v) is 4.21. The van der Waals surface area contributed by atoms with Crippen LogP contribution in [0.4, 0.5) is 9.18 Å². The normalized spacial score (nSPS) is 24.6. The van der Waals surface area contributed by atoms with Crippen molar-refractivity contribution in [2.45, 2.75) is 25.7 Å². The average Bonchev–Trinajstić information content (AvgIpc) is 3.08. The minimum atomic E-state index is -0.559. The molecule has 160 valence electrons. The highest BCUT2D eigenvalue weighted by atomic mass is 19.1. The van der Waals surface area contributed by atoms with Crippen molar-refractivity contribution in [1.29, 1.82) is 0 Å². The predicted molar refractivity (Wildman–Crippen MR) is 111 cm³/mol. The quantitative estimate of drug-likeness (QED) is 0.747. The molecule has 1 N–H and O–H groups in total. The molecule has 30 heavy (non-hydrogen) atoms. The largest absolute Gasteiger partial charge is 0.340 e. The van der Waals surface area contributed by atoms with Crippen molar-refractivity contribution < 1.29 is 14.0 Å². The van der Waals surface area contributed by atoms with Gasteiger partial charge in [-0.05, 0) is 13.0 Å². The van der Waals surface area contributed by atoms with Gasteiger partial charge in [0.1, 0.15) is 5.82 Å². The molecule has 0 spiro atoms. The molecule has 3 amide bonds. The molecule has 0 saturated carbocycles. The van der Waals surface area contributed by atoms with Gasteiger partial charge >= 0.3 is 6.03 Å². The molecule has 2 fully saturated rings. The fraction of sp³-hybridized carbons (Fsp3) is 0.476. The standard InChI is InChI=1S/C21H27FN6O2/c1-14(2)12-28-17-18(25(3)21(30)24-19(17)29)23-20(28)27-10-8-26(9-11-27)13-15-6-4-5-7-16(15)22/h4-7,17-18H,1,8-13H2,2-3H3,(H,24,29,30). The van der Waals surface area contributed by atoms with Gasteiger partial charge in [0.25, 0.3) is 5.91 Å². The van der Waals surface area contributed by atoms with Crippen LogP contribution in [0.2, 0.25) is 0 Å². The van der Waals surface area contributed by atoms with E-state index in [1.165, 1.54) is 11.0 Å². The number of fused-ring (bicyclic) bond motifs is 1. The first-order chi connectivity index (χ1) is 14.3. The Hall–Kier alpha value is -2.94. The molecule has 3 aliphatic heterocycles. The lowest BCUT2D eigenvalue weighted by Gasteiger charge is -2.40. The number of hydrogen-bond acceptors (Lipinski definition) is 6. The number of hydrogen-bond donors (Lipinski definition) is 1. The summed E-state index contributed by atoms with van der Waals surface area (Å²) in [6, 6.07) is 5.85. The fourth-order valence-electron chi connectivity index (χ4n) is 4.21. The van der Waals surface area contributed by atoms with Gasteiger partial charge in [-0.2, -0.15) is 0 Å². The van der Waals surface area contributed by atoms with E-state index in [0.717, 1.165) is 24.6 Å². The highest BCUT2D eigenvalue weighted by Gasteiger charge is 2.49. The van der Waals surface area contributed by atoms with Gasteiger partial charge in [-0.3, -0.25) is 15.0 Å². The number of amides is 3. The number of imide groups is 1. The third-order valence-electron chi connectivity index (χ3n) is 5.79. The summed E-state index contributed by atoms with van der Waals surface area (Å²) >= 11 is 0. The van der Waals surface area contributed by atoms with Crippen LogP contribution in [0.1, 0.15) is 12.5 Å². The lowest BCUT2D eigenvalue weighted by atomic mass is 10.1. The van der Waals surface area contributed by atoms with E-state index in [0.29, 0.717) is 31.7 Å². The number of likely N-dealkylation sites (N-methyl/N-ethyl adjacent to an activating group) is 1. The Morgan fingerprint density at radius 3 is 2.60 bits per heavy atom. The van der Waals surface area contributed by atoms with Crippen LogP contribution in [-0.4, -0.2) is 89.5 Å². The van der Waals surface area contributed by atoms with Crippen LogP contribution in [0.3, 0.4) is 0 Å². The number of piperazine rings is 1. The maximum absolute atomic E-state index is 14.0. The molecule has 8 nitrogen and oxygen atoms in total. The predicted octanol–water partition coefficient (Wildman–Crippen LogP) is 1.07. The molecule has 4 rings (SSSR count). The van der Waals surface area contributed by atoms with Crippen LogP contribution in [0.15, 0.2) is 41.4 Å². The van der Waals surface area contributed by atoms with E-state index in [-0.39, 0.29) is 11.7 Å². The monoisotopic (exact) mass is 414 g/mol. The minimum absolute atomic E-state index is 0.185. The number of carbonyl (C=O) groups is 2. The van der Waals surface area contributed by atoms with Crippen molar-refractivity contribution in [2.75, 3.05) is 39.8 Å². The summed E-state index contributed by atoms with van der Waals surface area (Å²) in [6.07, 6.45) is -0.544. The first kappa shape index (κ1) is 20.3. The van der Waals surface area contributed by atoms with E-state index in [4.69, 9.17) is 4.99 Å².